The van der Waals surface area contributed by atoms with Crippen LogP contribution in [0.3, 0.4) is 0 Å². The smallest absolute Gasteiger partial charge is 0.410 e. The van der Waals surface area contributed by atoms with Gasteiger partial charge >= 0.3 is 6.09 Å². The average Bonchev–Trinajstić information content (AvgIpc) is 3.15. The molecule has 138 valence electrons. The summed E-state index contributed by atoms with van der Waals surface area (Å²) in [5, 5.41) is 0. The lowest BCUT2D eigenvalue weighted by atomic mass is 10.2. The maximum absolute atomic E-state index is 12.4. The number of sulfone groups is 1. The maximum atomic E-state index is 12.4. The first kappa shape index (κ1) is 18.5. The van der Waals surface area contributed by atoms with Crippen molar-refractivity contribution in [2.24, 2.45) is 0 Å². The van der Waals surface area contributed by atoms with Gasteiger partial charge in [-0.2, -0.15) is 0 Å². The molecule has 1 aliphatic rings. The van der Waals surface area contributed by atoms with Gasteiger partial charge in [0.15, 0.2) is 9.84 Å². The van der Waals surface area contributed by atoms with E-state index >= 15 is 0 Å². The number of hydrogen-bond acceptors (Lipinski definition) is 4. The van der Waals surface area contributed by atoms with E-state index in [0.717, 1.165) is 18.4 Å². The molecule has 2 aromatic carbocycles. The second-order valence-corrected chi connectivity index (χ2v) is 8.56. The van der Waals surface area contributed by atoms with Gasteiger partial charge in [0.2, 0.25) is 0 Å². The van der Waals surface area contributed by atoms with E-state index in [4.69, 9.17) is 4.74 Å². The van der Waals surface area contributed by atoms with Crippen LogP contribution in [0.15, 0.2) is 65.6 Å². The Bertz CT molecular complexity index is 821. The van der Waals surface area contributed by atoms with E-state index in [9.17, 15) is 13.2 Å². The average molecular weight is 373 g/mol. The first-order valence-corrected chi connectivity index (χ1v) is 10.5. The highest BCUT2D eigenvalue weighted by molar-refractivity contribution is 7.91. The topological polar surface area (TPSA) is 63.7 Å². The van der Waals surface area contributed by atoms with Gasteiger partial charge in [-0.05, 0) is 37.0 Å². The van der Waals surface area contributed by atoms with Crippen LogP contribution in [0.2, 0.25) is 0 Å². The molecule has 26 heavy (non-hydrogen) atoms. The van der Waals surface area contributed by atoms with Crippen LogP contribution in [0.4, 0.5) is 4.79 Å². The summed E-state index contributed by atoms with van der Waals surface area (Å²) in [5.74, 6) is 0.0319. The van der Waals surface area contributed by atoms with Crippen molar-refractivity contribution in [2.75, 3.05) is 12.3 Å². The molecule has 1 fully saturated rings. The number of carbonyl (C=O) groups excluding carboxylic acids is 1. The molecule has 0 bridgehead atoms. The van der Waals surface area contributed by atoms with Crippen LogP contribution in [0, 0.1) is 0 Å². The molecule has 3 rings (SSSR count). The van der Waals surface area contributed by atoms with E-state index in [1.165, 1.54) is 0 Å². The van der Waals surface area contributed by atoms with E-state index in [1.807, 2.05) is 30.3 Å². The maximum Gasteiger partial charge on any atom is 0.410 e. The van der Waals surface area contributed by atoms with Crippen molar-refractivity contribution in [1.29, 1.82) is 0 Å². The van der Waals surface area contributed by atoms with Crippen LogP contribution < -0.4 is 0 Å². The molecule has 1 atom stereocenters. The first-order valence-electron chi connectivity index (χ1n) is 8.81. The summed E-state index contributed by atoms with van der Waals surface area (Å²) >= 11 is 0. The first-order chi connectivity index (χ1) is 12.6. The van der Waals surface area contributed by atoms with Crippen molar-refractivity contribution < 1.29 is 17.9 Å². The highest BCUT2D eigenvalue weighted by Gasteiger charge is 2.31. The van der Waals surface area contributed by atoms with Gasteiger partial charge in [0.25, 0.3) is 0 Å². The van der Waals surface area contributed by atoms with Crippen molar-refractivity contribution in [3.63, 3.8) is 0 Å². The number of rotatable bonds is 6. The standard InChI is InChI=1S/C20H23NO4S/c22-20(25-16-17-8-3-1-4-9-17)21-14-7-10-18(21)13-15-26(23,24)19-11-5-2-6-12-19/h1-6,8-9,11-12,18H,7,10,13-16H2. The summed E-state index contributed by atoms with van der Waals surface area (Å²) in [6, 6.07) is 17.9. The minimum atomic E-state index is -3.33. The molecule has 1 unspecified atom stereocenters. The number of ether oxygens (including phenoxy) is 1. The van der Waals surface area contributed by atoms with Gasteiger partial charge in [-0.3, -0.25) is 0 Å². The third-order valence-electron chi connectivity index (χ3n) is 4.64. The van der Waals surface area contributed by atoms with Gasteiger partial charge in [-0.15, -0.1) is 0 Å². The molecular weight excluding hydrogens is 350 g/mol. The van der Waals surface area contributed by atoms with Crippen molar-refractivity contribution in [2.45, 2.75) is 36.8 Å². The Balaban J connectivity index is 1.55. The normalized spacial score (nSPS) is 17.2. The fourth-order valence-electron chi connectivity index (χ4n) is 3.22. The number of hydrogen-bond donors (Lipinski definition) is 0. The molecule has 0 aromatic heterocycles. The molecule has 0 spiro atoms. The molecule has 0 aliphatic carbocycles. The highest BCUT2D eigenvalue weighted by atomic mass is 32.2. The van der Waals surface area contributed by atoms with Crippen molar-refractivity contribution in [3.05, 3.63) is 66.2 Å². The summed E-state index contributed by atoms with van der Waals surface area (Å²) in [7, 11) is -3.33. The number of amides is 1. The van der Waals surface area contributed by atoms with Gasteiger partial charge in [0.1, 0.15) is 6.61 Å². The monoisotopic (exact) mass is 373 g/mol. The van der Waals surface area contributed by atoms with E-state index in [2.05, 4.69) is 0 Å². The van der Waals surface area contributed by atoms with E-state index in [-0.39, 0.29) is 24.5 Å². The molecule has 2 aromatic rings. The van der Waals surface area contributed by atoms with Crippen LogP contribution in [-0.2, 0) is 21.2 Å². The molecule has 0 radical (unpaired) electrons. The minimum absolute atomic E-state index is 0.0319. The lowest BCUT2D eigenvalue weighted by Gasteiger charge is -2.24. The lowest BCUT2D eigenvalue weighted by Crippen LogP contribution is -2.37. The van der Waals surface area contributed by atoms with Crippen LogP contribution in [0.1, 0.15) is 24.8 Å². The fourth-order valence-corrected chi connectivity index (χ4v) is 4.61. The van der Waals surface area contributed by atoms with Gasteiger partial charge < -0.3 is 9.64 Å². The summed E-state index contributed by atoms with van der Waals surface area (Å²) < 4.78 is 30.3. The summed E-state index contributed by atoms with van der Waals surface area (Å²) in [6.45, 7) is 0.842. The molecular formula is C20H23NO4S. The predicted octanol–water partition coefficient (Wildman–Crippen LogP) is 3.65. The van der Waals surface area contributed by atoms with Crippen molar-refractivity contribution in [1.82, 2.24) is 4.90 Å². The predicted molar refractivity (Wildman–Crippen MR) is 99.5 cm³/mol. The van der Waals surface area contributed by atoms with Gasteiger partial charge in [-0.25, -0.2) is 13.2 Å². The molecule has 0 saturated carbocycles. The van der Waals surface area contributed by atoms with Crippen molar-refractivity contribution in [3.8, 4) is 0 Å². The van der Waals surface area contributed by atoms with Crippen LogP contribution in [-0.4, -0.2) is 37.8 Å². The Morgan fingerprint density at radius 2 is 1.69 bits per heavy atom. The lowest BCUT2D eigenvalue weighted by molar-refractivity contribution is 0.0916. The molecule has 0 N–H and O–H groups in total. The van der Waals surface area contributed by atoms with E-state index < -0.39 is 9.84 Å². The Kier molecular flexibility index (Phi) is 5.93. The summed E-state index contributed by atoms with van der Waals surface area (Å²) in [6.07, 6.45) is 1.74. The molecule has 6 heteroatoms. The van der Waals surface area contributed by atoms with Gasteiger partial charge in [0, 0.05) is 12.6 Å². The second-order valence-electron chi connectivity index (χ2n) is 6.45. The SMILES string of the molecule is O=C(OCc1ccccc1)N1CCCC1CCS(=O)(=O)c1ccccc1. The van der Waals surface area contributed by atoms with Crippen LogP contribution in [0.25, 0.3) is 0 Å². The third-order valence-corrected chi connectivity index (χ3v) is 6.40. The van der Waals surface area contributed by atoms with E-state index in [0.29, 0.717) is 17.9 Å². The Morgan fingerprint density at radius 1 is 1.04 bits per heavy atom. The number of carbonyl (C=O) groups is 1. The zero-order valence-corrected chi connectivity index (χ0v) is 15.4. The third kappa shape index (κ3) is 4.64. The molecule has 1 saturated heterocycles. The Labute approximate surface area is 154 Å². The van der Waals surface area contributed by atoms with Gasteiger partial charge in [0.05, 0.1) is 10.6 Å². The van der Waals surface area contributed by atoms with E-state index in [1.54, 1.807) is 35.2 Å². The number of benzene rings is 2. The van der Waals surface area contributed by atoms with Gasteiger partial charge in [-0.1, -0.05) is 48.5 Å². The second kappa shape index (κ2) is 8.36. The molecule has 1 heterocycles. The Hall–Kier alpha value is -2.34. The zero-order valence-electron chi connectivity index (χ0n) is 14.6. The molecule has 1 amide bonds. The zero-order chi connectivity index (χ0) is 18.4. The summed E-state index contributed by atoms with van der Waals surface area (Å²) in [5.41, 5.74) is 0.934. The van der Waals surface area contributed by atoms with Crippen molar-refractivity contribution >= 4 is 15.9 Å². The quantitative estimate of drug-likeness (QED) is 0.775. The summed E-state index contributed by atoms with van der Waals surface area (Å²) in [4.78, 5) is 14.4. The highest BCUT2D eigenvalue weighted by Crippen LogP contribution is 2.23. The number of nitrogens with zero attached hydrogens (tertiary/aromatic N) is 1. The number of likely N-dealkylation sites (tertiary alicyclic amines) is 1. The van der Waals surface area contributed by atoms with Crippen LogP contribution in [0.5, 0.6) is 0 Å². The Morgan fingerprint density at radius 3 is 2.38 bits per heavy atom. The minimum Gasteiger partial charge on any atom is -0.445 e. The fraction of sp³-hybridized carbons (Fsp3) is 0.350. The molecule has 1 aliphatic heterocycles. The molecule has 5 nitrogen and oxygen atoms in total. The largest absolute Gasteiger partial charge is 0.445 e. The van der Waals surface area contributed by atoms with Crippen LogP contribution >= 0.6 is 0 Å².